The van der Waals surface area contributed by atoms with Gasteiger partial charge in [0.1, 0.15) is 17.8 Å². The number of halogens is 1. The number of alkyl carbamates (subject to hydrolysis) is 1. The summed E-state index contributed by atoms with van der Waals surface area (Å²) in [6.07, 6.45) is 0.766. The number of ether oxygens (including phenoxy) is 3. The van der Waals surface area contributed by atoms with Crippen LogP contribution in [-0.2, 0) is 14.2 Å². The quantitative estimate of drug-likeness (QED) is 0.745. The number of carbonyl (C=O) groups excluding carboxylic acids is 1. The van der Waals surface area contributed by atoms with Gasteiger partial charge in [-0.05, 0) is 40.7 Å². The van der Waals surface area contributed by atoms with E-state index in [0.29, 0.717) is 0 Å². The Kier molecular flexibility index (Phi) is 4.41. The van der Waals surface area contributed by atoms with Crippen LogP contribution in [0.3, 0.4) is 0 Å². The lowest BCUT2D eigenvalue weighted by atomic mass is 9.92. The Morgan fingerprint density at radius 3 is 2.62 bits per heavy atom. The van der Waals surface area contributed by atoms with Gasteiger partial charge in [0.2, 0.25) is 0 Å². The summed E-state index contributed by atoms with van der Waals surface area (Å²) in [5.41, 5.74) is 5.66. The van der Waals surface area contributed by atoms with Crippen molar-refractivity contribution in [3.05, 3.63) is 10.6 Å². The van der Waals surface area contributed by atoms with Gasteiger partial charge in [0.05, 0.1) is 12.1 Å². The molecule has 0 bridgehead atoms. The number of rotatable bonds is 1. The Bertz CT molecular complexity index is 458. The molecule has 0 aromatic heterocycles. The van der Waals surface area contributed by atoms with Gasteiger partial charge in [0.25, 0.3) is 0 Å². The zero-order valence-corrected chi connectivity index (χ0v) is 14.6. The van der Waals surface area contributed by atoms with Crippen LogP contribution in [0.1, 0.15) is 34.6 Å². The SMILES string of the molecule is CC(C)(C)OC(=O)N[C@@H]1C=C(Br)[C@H]2OC(C)(C)O[C@H]2[C@@H]1N. The summed E-state index contributed by atoms with van der Waals surface area (Å²) >= 11 is 3.47. The molecule has 1 fully saturated rings. The van der Waals surface area contributed by atoms with E-state index in [0.717, 1.165) is 4.48 Å². The summed E-state index contributed by atoms with van der Waals surface area (Å²) in [6, 6.07) is -0.793. The van der Waals surface area contributed by atoms with Crippen molar-refractivity contribution in [3.63, 3.8) is 0 Å². The minimum Gasteiger partial charge on any atom is -0.444 e. The Morgan fingerprint density at radius 1 is 1.43 bits per heavy atom. The second-order valence-corrected chi connectivity index (χ2v) is 7.74. The minimum atomic E-state index is -0.694. The molecule has 6 nitrogen and oxygen atoms in total. The lowest BCUT2D eigenvalue weighted by Crippen LogP contribution is -2.58. The number of nitrogens with one attached hydrogen (secondary N) is 1. The van der Waals surface area contributed by atoms with Crippen molar-refractivity contribution >= 4 is 22.0 Å². The maximum atomic E-state index is 11.9. The second-order valence-electron chi connectivity index (χ2n) is 6.82. The number of hydrogen-bond donors (Lipinski definition) is 2. The molecule has 2 rings (SSSR count). The van der Waals surface area contributed by atoms with Crippen LogP contribution in [0, 0.1) is 0 Å². The van der Waals surface area contributed by atoms with E-state index >= 15 is 0 Å². The van der Waals surface area contributed by atoms with Crippen LogP contribution in [0.25, 0.3) is 0 Å². The standard InChI is InChI=1S/C14H23BrN2O4/c1-13(2,3)21-12(18)17-8-6-7(15)10-11(9(8)16)20-14(4,5)19-10/h6,8-11H,16H2,1-5H3,(H,17,18)/t8-,9-,10-,11+/m1/s1. The molecule has 1 saturated heterocycles. The van der Waals surface area contributed by atoms with Gasteiger partial charge in [0.15, 0.2) is 5.79 Å². The highest BCUT2D eigenvalue weighted by Gasteiger charge is 2.49. The zero-order chi connectivity index (χ0) is 16.0. The van der Waals surface area contributed by atoms with Crippen molar-refractivity contribution in [1.82, 2.24) is 5.32 Å². The molecule has 1 heterocycles. The molecule has 7 heteroatoms. The molecule has 0 unspecified atom stereocenters. The third-order valence-electron chi connectivity index (χ3n) is 3.22. The molecule has 1 amide bonds. The first-order chi connectivity index (χ1) is 9.48. The average molecular weight is 363 g/mol. The highest BCUT2D eigenvalue weighted by Crippen LogP contribution is 2.38. The summed E-state index contributed by atoms with van der Waals surface area (Å²) in [5, 5.41) is 2.77. The van der Waals surface area contributed by atoms with Gasteiger partial charge in [-0.3, -0.25) is 0 Å². The van der Waals surface area contributed by atoms with E-state index in [1.807, 2.05) is 40.7 Å². The summed E-state index contributed by atoms with van der Waals surface area (Å²) in [4.78, 5) is 11.9. The summed E-state index contributed by atoms with van der Waals surface area (Å²) < 4.78 is 17.7. The monoisotopic (exact) mass is 362 g/mol. The van der Waals surface area contributed by atoms with Crippen molar-refractivity contribution in [2.45, 2.75) is 70.3 Å². The normalized spacial score (nSPS) is 34.9. The maximum absolute atomic E-state index is 11.9. The van der Waals surface area contributed by atoms with Gasteiger partial charge < -0.3 is 25.3 Å². The summed E-state index contributed by atoms with van der Waals surface area (Å²) in [5.74, 6) is -0.694. The van der Waals surface area contributed by atoms with Crippen molar-refractivity contribution in [2.75, 3.05) is 0 Å². The minimum absolute atomic E-state index is 0.244. The van der Waals surface area contributed by atoms with Crippen LogP contribution in [0.4, 0.5) is 4.79 Å². The van der Waals surface area contributed by atoms with Crippen LogP contribution in [0.2, 0.25) is 0 Å². The van der Waals surface area contributed by atoms with Crippen LogP contribution < -0.4 is 11.1 Å². The largest absolute Gasteiger partial charge is 0.444 e. The number of amides is 1. The third kappa shape index (κ3) is 3.97. The zero-order valence-electron chi connectivity index (χ0n) is 13.0. The fourth-order valence-corrected chi connectivity index (χ4v) is 3.09. The molecule has 0 aromatic rings. The first-order valence-electron chi connectivity index (χ1n) is 6.96. The van der Waals surface area contributed by atoms with Gasteiger partial charge in [-0.15, -0.1) is 0 Å². The Balaban J connectivity index is 2.08. The van der Waals surface area contributed by atoms with E-state index in [1.54, 1.807) is 0 Å². The smallest absolute Gasteiger partial charge is 0.408 e. The predicted molar refractivity (Wildman–Crippen MR) is 82.0 cm³/mol. The lowest BCUT2D eigenvalue weighted by molar-refractivity contribution is -0.144. The molecular weight excluding hydrogens is 340 g/mol. The van der Waals surface area contributed by atoms with E-state index in [2.05, 4.69) is 21.2 Å². The average Bonchev–Trinajstić information content (AvgIpc) is 2.60. The fraction of sp³-hybridized carbons (Fsp3) is 0.786. The van der Waals surface area contributed by atoms with Gasteiger partial charge in [-0.2, -0.15) is 0 Å². The molecular formula is C14H23BrN2O4. The summed E-state index contributed by atoms with van der Waals surface area (Å²) in [6.45, 7) is 9.12. The van der Waals surface area contributed by atoms with Crippen LogP contribution in [0.15, 0.2) is 10.6 Å². The first kappa shape index (κ1) is 16.7. The van der Waals surface area contributed by atoms with Crippen molar-refractivity contribution < 1.29 is 19.0 Å². The number of carbonyl (C=O) groups is 1. The van der Waals surface area contributed by atoms with E-state index in [4.69, 9.17) is 19.9 Å². The first-order valence-corrected chi connectivity index (χ1v) is 7.76. The number of fused-ring (bicyclic) bond motifs is 1. The van der Waals surface area contributed by atoms with Gasteiger partial charge in [0, 0.05) is 4.48 Å². The molecule has 120 valence electrons. The van der Waals surface area contributed by atoms with Crippen molar-refractivity contribution in [3.8, 4) is 0 Å². The highest BCUT2D eigenvalue weighted by molar-refractivity contribution is 9.11. The Hall–Kier alpha value is -0.630. The van der Waals surface area contributed by atoms with Gasteiger partial charge in [-0.25, -0.2) is 4.79 Å². The van der Waals surface area contributed by atoms with Crippen LogP contribution in [-0.4, -0.2) is 41.8 Å². The fourth-order valence-electron chi connectivity index (χ4n) is 2.45. The molecule has 1 aliphatic heterocycles. The van der Waals surface area contributed by atoms with E-state index in [1.165, 1.54) is 0 Å². The number of hydrogen-bond acceptors (Lipinski definition) is 5. The highest BCUT2D eigenvalue weighted by atomic mass is 79.9. The van der Waals surface area contributed by atoms with E-state index in [-0.39, 0.29) is 18.2 Å². The molecule has 0 aromatic carbocycles. The number of nitrogens with two attached hydrogens (primary N) is 1. The van der Waals surface area contributed by atoms with Gasteiger partial charge in [-0.1, -0.05) is 15.9 Å². The van der Waals surface area contributed by atoms with Crippen molar-refractivity contribution in [1.29, 1.82) is 0 Å². The molecule has 2 aliphatic rings. The second kappa shape index (κ2) is 5.53. The van der Waals surface area contributed by atoms with Crippen molar-refractivity contribution in [2.24, 2.45) is 5.73 Å². The maximum Gasteiger partial charge on any atom is 0.408 e. The lowest BCUT2D eigenvalue weighted by Gasteiger charge is -2.34. The molecule has 1 aliphatic carbocycles. The Morgan fingerprint density at radius 2 is 2.05 bits per heavy atom. The molecule has 0 radical (unpaired) electrons. The van der Waals surface area contributed by atoms with E-state index in [9.17, 15) is 4.79 Å². The topological polar surface area (TPSA) is 82.8 Å². The van der Waals surface area contributed by atoms with Crippen LogP contribution in [0.5, 0.6) is 0 Å². The molecule has 4 atom stereocenters. The molecule has 0 spiro atoms. The molecule has 3 N–H and O–H groups in total. The summed E-state index contributed by atoms with van der Waals surface area (Å²) in [7, 11) is 0. The van der Waals surface area contributed by atoms with E-state index < -0.39 is 23.5 Å². The van der Waals surface area contributed by atoms with Crippen LogP contribution >= 0.6 is 15.9 Å². The molecule has 21 heavy (non-hydrogen) atoms. The predicted octanol–water partition coefficient (Wildman–Crippen LogP) is 2.02. The van der Waals surface area contributed by atoms with Gasteiger partial charge >= 0.3 is 6.09 Å². The third-order valence-corrected chi connectivity index (χ3v) is 3.93. The molecule has 0 saturated carbocycles. The Labute approximate surface area is 133 Å².